The largest absolute Gasteiger partial charge is 0.300 e. The minimum Gasteiger partial charge on any atom is -0.300 e. The molecular formula is C22H30O2. The van der Waals surface area contributed by atoms with Gasteiger partial charge in [-0.15, -0.1) is 0 Å². The van der Waals surface area contributed by atoms with Crippen LogP contribution >= 0.6 is 0 Å². The third-order valence-corrected chi connectivity index (χ3v) is 8.37. The number of carbonyl (C=O) groups is 2. The molecule has 0 heterocycles. The summed E-state index contributed by atoms with van der Waals surface area (Å²) in [5, 5.41) is 0. The number of ketones is 2. The second-order valence-corrected chi connectivity index (χ2v) is 9.42. The summed E-state index contributed by atoms with van der Waals surface area (Å²) in [6.45, 7) is 8.85. The van der Waals surface area contributed by atoms with Crippen molar-refractivity contribution in [2.45, 2.75) is 59.8 Å². The highest BCUT2D eigenvalue weighted by molar-refractivity contribution is 6.01. The van der Waals surface area contributed by atoms with Gasteiger partial charge in [0, 0.05) is 11.3 Å². The van der Waals surface area contributed by atoms with Crippen molar-refractivity contribution < 1.29 is 9.59 Å². The van der Waals surface area contributed by atoms with Gasteiger partial charge in [0.2, 0.25) is 0 Å². The van der Waals surface area contributed by atoms with Crippen molar-refractivity contribution in [2.24, 2.45) is 40.4 Å². The number of hydrogen-bond acceptors (Lipinski definition) is 2. The SMILES string of the molecule is CC(=O)[C@H]1CC[C@H]2[C@@H]3C[C@H](C)C4=CC(=O)C=C[C@]4(C)[C@H]3CC[C@]12C. The van der Waals surface area contributed by atoms with E-state index in [9.17, 15) is 9.59 Å². The Balaban J connectivity index is 1.72. The minimum absolute atomic E-state index is 0.0475. The molecular weight excluding hydrogens is 296 g/mol. The van der Waals surface area contributed by atoms with E-state index < -0.39 is 0 Å². The Morgan fingerprint density at radius 1 is 1.17 bits per heavy atom. The first-order valence-corrected chi connectivity index (χ1v) is 9.73. The zero-order chi connectivity index (χ0) is 17.3. The van der Waals surface area contributed by atoms with E-state index in [4.69, 9.17) is 0 Å². The average Bonchev–Trinajstić information content (AvgIpc) is 2.87. The molecule has 3 fully saturated rings. The fourth-order valence-corrected chi connectivity index (χ4v) is 7.28. The highest BCUT2D eigenvalue weighted by Crippen LogP contribution is 2.66. The van der Waals surface area contributed by atoms with Crippen molar-refractivity contribution in [2.75, 3.05) is 0 Å². The third kappa shape index (κ3) is 2.01. The Morgan fingerprint density at radius 2 is 1.92 bits per heavy atom. The number of rotatable bonds is 1. The maximum atomic E-state index is 12.2. The lowest BCUT2D eigenvalue weighted by molar-refractivity contribution is -0.127. The highest BCUT2D eigenvalue weighted by atomic mass is 16.1. The Bertz CT molecular complexity index is 657. The number of allylic oxidation sites excluding steroid dienone is 4. The molecule has 130 valence electrons. The first kappa shape index (κ1) is 16.3. The van der Waals surface area contributed by atoms with Crippen LogP contribution in [0.15, 0.2) is 23.8 Å². The molecule has 4 aliphatic rings. The number of fused-ring (bicyclic) bond motifs is 5. The molecule has 0 bridgehead atoms. The molecule has 0 saturated heterocycles. The lowest BCUT2D eigenvalue weighted by Gasteiger charge is -2.58. The van der Waals surface area contributed by atoms with Crippen LogP contribution in [-0.2, 0) is 9.59 Å². The van der Waals surface area contributed by atoms with Crippen molar-refractivity contribution in [3.8, 4) is 0 Å². The Morgan fingerprint density at radius 3 is 2.62 bits per heavy atom. The molecule has 24 heavy (non-hydrogen) atoms. The number of hydrogen-bond donors (Lipinski definition) is 0. The fourth-order valence-electron chi connectivity index (χ4n) is 7.28. The molecule has 0 aromatic rings. The van der Waals surface area contributed by atoms with Crippen molar-refractivity contribution in [3.63, 3.8) is 0 Å². The summed E-state index contributed by atoms with van der Waals surface area (Å²) >= 11 is 0. The van der Waals surface area contributed by atoms with Crippen molar-refractivity contribution in [3.05, 3.63) is 23.8 Å². The fraction of sp³-hybridized carbons (Fsp3) is 0.727. The molecule has 0 aliphatic heterocycles. The summed E-state index contributed by atoms with van der Waals surface area (Å²) < 4.78 is 0. The monoisotopic (exact) mass is 326 g/mol. The summed E-state index contributed by atoms with van der Waals surface area (Å²) in [7, 11) is 0. The zero-order valence-electron chi connectivity index (χ0n) is 15.5. The van der Waals surface area contributed by atoms with E-state index in [1.807, 2.05) is 6.08 Å². The van der Waals surface area contributed by atoms with Gasteiger partial charge in [0.1, 0.15) is 5.78 Å². The molecule has 0 N–H and O–H groups in total. The third-order valence-electron chi connectivity index (χ3n) is 8.37. The first-order valence-electron chi connectivity index (χ1n) is 9.73. The van der Waals surface area contributed by atoms with E-state index in [1.54, 1.807) is 13.0 Å². The smallest absolute Gasteiger partial charge is 0.178 e. The highest BCUT2D eigenvalue weighted by Gasteiger charge is 2.60. The Hall–Kier alpha value is -1.18. The molecule has 0 aromatic heterocycles. The van der Waals surface area contributed by atoms with Gasteiger partial charge in [-0.05, 0) is 80.3 Å². The van der Waals surface area contributed by atoms with E-state index in [0.29, 0.717) is 29.5 Å². The quantitative estimate of drug-likeness (QED) is 0.697. The molecule has 0 radical (unpaired) electrons. The van der Waals surface area contributed by atoms with E-state index in [-0.39, 0.29) is 22.5 Å². The second kappa shape index (κ2) is 5.16. The summed E-state index contributed by atoms with van der Waals surface area (Å²) in [6.07, 6.45) is 11.8. The van der Waals surface area contributed by atoms with Crippen LogP contribution in [0, 0.1) is 40.4 Å². The second-order valence-electron chi connectivity index (χ2n) is 9.42. The molecule has 7 atom stereocenters. The molecule has 2 nitrogen and oxygen atoms in total. The van der Waals surface area contributed by atoms with Crippen molar-refractivity contribution >= 4 is 11.6 Å². The van der Waals surface area contributed by atoms with Gasteiger partial charge >= 0.3 is 0 Å². The summed E-state index contributed by atoms with van der Waals surface area (Å²) in [4.78, 5) is 24.1. The molecule has 0 amide bonds. The maximum absolute atomic E-state index is 12.2. The maximum Gasteiger partial charge on any atom is 0.178 e. The van der Waals surface area contributed by atoms with Crippen LogP contribution in [0.5, 0.6) is 0 Å². The van der Waals surface area contributed by atoms with E-state index in [0.717, 1.165) is 6.42 Å². The Labute approximate surface area is 145 Å². The molecule has 2 heteroatoms. The predicted molar refractivity (Wildman–Crippen MR) is 95.3 cm³/mol. The standard InChI is InChI=1S/C22H30O2/c1-13-11-16-18-6-5-17(14(2)23)21(18,3)10-8-19(16)22(4)9-7-15(24)12-20(13)22/h7,9,12-13,16-19H,5-6,8,10-11H2,1-4H3/t13-,16-,17+,18-,19-,21+,22+/m0/s1. The van der Waals surface area contributed by atoms with Crippen LogP contribution in [0.1, 0.15) is 59.8 Å². The van der Waals surface area contributed by atoms with E-state index in [1.165, 1.54) is 31.3 Å². The molecule has 0 aromatic carbocycles. The first-order chi connectivity index (χ1) is 11.3. The van der Waals surface area contributed by atoms with E-state index >= 15 is 0 Å². The van der Waals surface area contributed by atoms with Gasteiger partial charge in [-0.1, -0.05) is 32.4 Å². The Kier molecular flexibility index (Phi) is 3.50. The van der Waals surface area contributed by atoms with Gasteiger partial charge in [0.05, 0.1) is 0 Å². The van der Waals surface area contributed by atoms with Crippen LogP contribution in [0.3, 0.4) is 0 Å². The lowest BCUT2D eigenvalue weighted by Crippen LogP contribution is -2.51. The molecule has 4 aliphatic carbocycles. The van der Waals surface area contributed by atoms with Gasteiger partial charge in [-0.2, -0.15) is 0 Å². The van der Waals surface area contributed by atoms with Gasteiger partial charge in [-0.25, -0.2) is 0 Å². The van der Waals surface area contributed by atoms with E-state index in [2.05, 4.69) is 26.8 Å². The number of carbonyl (C=O) groups excluding carboxylic acids is 2. The van der Waals surface area contributed by atoms with Gasteiger partial charge in [0.25, 0.3) is 0 Å². The minimum atomic E-state index is 0.0475. The van der Waals surface area contributed by atoms with Crippen LogP contribution in [-0.4, -0.2) is 11.6 Å². The zero-order valence-corrected chi connectivity index (χ0v) is 15.5. The normalized spacial score (nSPS) is 49.9. The summed E-state index contributed by atoms with van der Waals surface area (Å²) in [5.74, 6) is 3.31. The van der Waals surface area contributed by atoms with Crippen LogP contribution in [0.25, 0.3) is 0 Å². The molecule has 0 spiro atoms. The van der Waals surface area contributed by atoms with Gasteiger partial charge < -0.3 is 0 Å². The molecule has 3 saturated carbocycles. The molecule has 4 rings (SSSR count). The topological polar surface area (TPSA) is 34.1 Å². The summed E-state index contributed by atoms with van der Waals surface area (Å²) in [6, 6.07) is 0. The molecule has 0 unspecified atom stereocenters. The van der Waals surface area contributed by atoms with Crippen LogP contribution in [0.2, 0.25) is 0 Å². The van der Waals surface area contributed by atoms with Crippen LogP contribution < -0.4 is 0 Å². The summed E-state index contributed by atoms with van der Waals surface area (Å²) in [5.41, 5.74) is 1.62. The predicted octanol–water partition coefficient (Wildman–Crippen LogP) is 4.75. The van der Waals surface area contributed by atoms with Crippen LogP contribution in [0.4, 0.5) is 0 Å². The van der Waals surface area contributed by atoms with Gasteiger partial charge in [0.15, 0.2) is 5.78 Å². The lowest BCUT2D eigenvalue weighted by atomic mass is 9.46. The van der Waals surface area contributed by atoms with Crippen molar-refractivity contribution in [1.82, 2.24) is 0 Å². The van der Waals surface area contributed by atoms with Crippen molar-refractivity contribution in [1.29, 1.82) is 0 Å². The van der Waals surface area contributed by atoms with Gasteiger partial charge in [-0.3, -0.25) is 9.59 Å². The number of Topliss-reactive ketones (excluding diaryl/α,β-unsaturated/α-hetero) is 1. The average molecular weight is 326 g/mol.